The van der Waals surface area contributed by atoms with Crippen LogP contribution in [-0.4, -0.2) is 47.9 Å². The molecule has 1 aromatic carbocycles. The Morgan fingerprint density at radius 2 is 1.93 bits per heavy atom. The van der Waals surface area contributed by atoms with E-state index in [-0.39, 0.29) is 17.9 Å². The molecular formula is C20H33N5O2. The molecule has 1 aromatic rings. The maximum absolute atomic E-state index is 12.9. The number of benzene rings is 1. The average Bonchev–Trinajstić information content (AvgIpc) is 3.08. The lowest BCUT2D eigenvalue weighted by Crippen LogP contribution is -2.53. The number of carbonyl (C=O) groups is 2. The number of nitrogens with two attached hydrogens (primary N) is 2. The van der Waals surface area contributed by atoms with Gasteiger partial charge in [0.25, 0.3) is 0 Å². The van der Waals surface area contributed by atoms with Gasteiger partial charge < -0.3 is 21.0 Å². The van der Waals surface area contributed by atoms with Crippen molar-refractivity contribution in [2.45, 2.75) is 45.7 Å². The fraction of sp³-hybridized carbons (Fsp3) is 0.500. The van der Waals surface area contributed by atoms with Crippen molar-refractivity contribution >= 4 is 18.0 Å². The Balaban J connectivity index is 0.000000828. The standard InChI is InChI=1S/C18H28N4O.C2H5NO/c1-13(2)17(18(23)21-11-7-8-14(21)3)22(20)12-16(19)15-9-5-4-6-10-15;1-3-2-4/h4-6,9-10,12-14,17H,7-8,11,19-20H2,1-3H3;2H,1H3,(H,3,4)/b16-12-;. The van der Waals surface area contributed by atoms with E-state index in [1.165, 1.54) is 5.01 Å². The zero-order chi connectivity index (χ0) is 20.4. The van der Waals surface area contributed by atoms with E-state index in [4.69, 9.17) is 16.4 Å². The van der Waals surface area contributed by atoms with Gasteiger partial charge in [0, 0.05) is 25.8 Å². The summed E-state index contributed by atoms with van der Waals surface area (Å²) in [5.74, 6) is 6.39. The molecule has 5 N–H and O–H groups in total. The number of nitrogens with one attached hydrogen (secondary N) is 1. The lowest BCUT2D eigenvalue weighted by atomic mass is 10.0. The van der Waals surface area contributed by atoms with E-state index in [1.54, 1.807) is 13.2 Å². The molecule has 150 valence electrons. The van der Waals surface area contributed by atoms with Gasteiger partial charge in [-0.05, 0) is 31.2 Å². The molecule has 0 aliphatic carbocycles. The number of carbonyl (C=O) groups excluding carboxylic acids is 2. The molecule has 2 amide bonds. The van der Waals surface area contributed by atoms with E-state index >= 15 is 0 Å². The van der Waals surface area contributed by atoms with E-state index in [2.05, 4.69) is 12.2 Å². The van der Waals surface area contributed by atoms with Crippen LogP contribution < -0.4 is 16.9 Å². The van der Waals surface area contributed by atoms with Gasteiger partial charge in [0.2, 0.25) is 12.3 Å². The van der Waals surface area contributed by atoms with Crippen molar-refractivity contribution in [3.05, 3.63) is 42.1 Å². The second-order valence-electron chi connectivity index (χ2n) is 7.02. The molecule has 7 heteroatoms. The van der Waals surface area contributed by atoms with Crippen molar-refractivity contribution in [1.82, 2.24) is 15.2 Å². The van der Waals surface area contributed by atoms with Gasteiger partial charge in [-0.15, -0.1) is 0 Å². The molecule has 1 aliphatic heterocycles. The second-order valence-corrected chi connectivity index (χ2v) is 7.02. The maximum atomic E-state index is 12.9. The Kier molecular flexibility index (Phi) is 9.36. The number of hydrogen-bond acceptors (Lipinski definition) is 5. The molecular weight excluding hydrogens is 342 g/mol. The van der Waals surface area contributed by atoms with Crippen LogP contribution in [0.5, 0.6) is 0 Å². The highest BCUT2D eigenvalue weighted by Gasteiger charge is 2.34. The normalized spacial score (nSPS) is 17.8. The minimum atomic E-state index is -0.405. The monoisotopic (exact) mass is 375 g/mol. The summed E-state index contributed by atoms with van der Waals surface area (Å²) in [5.41, 5.74) is 7.58. The van der Waals surface area contributed by atoms with Crippen molar-refractivity contribution in [3.8, 4) is 0 Å². The summed E-state index contributed by atoms with van der Waals surface area (Å²) in [7, 11) is 1.56. The zero-order valence-electron chi connectivity index (χ0n) is 16.8. The molecule has 1 saturated heterocycles. The van der Waals surface area contributed by atoms with E-state index < -0.39 is 6.04 Å². The third-order valence-electron chi connectivity index (χ3n) is 4.55. The quantitative estimate of drug-likeness (QED) is 0.397. The highest BCUT2D eigenvalue weighted by Crippen LogP contribution is 2.22. The molecule has 1 heterocycles. The van der Waals surface area contributed by atoms with Crippen LogP contribution in [0.2, 0.25) is 0 Å². The molecule has 1 aliphatic rings. The Bertz CT molecular complexity index is 618. The number of hydrazine groups is 1. The Morgan fingerprint density at radius 1 is 1.33 bits per heavy atom. The number of nitrogens with zero attached hydrogens (tertiary/aromatic N) is 2. The minimum absolute atomic E-state index is 0.0876. The van der Waals surface area contributed by atoms with Crippen LogP contribution in [-0.2, 0) is 9.59 Å². The van der Waals surface area contributed by atoms with Crippen LogP contribution in [0.3, 0.4) is 0 Å². The lowest BCUT2D eigenvalue weighted by Gasteiger charge is -2.34. The van der Waals surface area contributed by atoms with Gasteiger partial charge in [-0.25, -0.2) is 5.84 Å². The smallest absolute Gasteiger partial charge is 0.247 e. The summed E-state index contributed by atoms with van der Waals surface area (Å²) in [4.78, 5) is 23.9. The lowest BCUT2D eigenvalue weighted by molar-refractivity contribution is -0.138. The second kappa shape index (κ2) is 11.2. The van der Waals surface area contributed by atoms with Crippen LogP contribution in [0, 0.1) is 5.92 Å². The molecule has 0 radical (unpaired) electrons. The number of rotatable bonds is 6. The van der Waals surface area contributed by atoms with Gasteiger partial charge in [-0.1, -0.05) is 44.2 Å². The summed E-state index contributed by atoms with van der Waals surface area (Å²) < 4.78 is 0. The summed E-state index contributed by atoms with van der Waals surface area (Å²) in [6.45, 7) is 6.93. The molecule has 2 atom stereocenters. The first-order valence-electron chi connectivity index (χ1n) is 9.30. The van der Waals surface area contributed by atoms with E-state index in [1.807, 2.05) is 49.1 Å². The fourth-order valence-corrected chi connectivity index (χ4v) is 3.13. The van der Waals surface area contributed by atoms with Crippen molar-refractivity contribution in [1.29, 1.82) is 0 Å². The Labute approximate surface area is 162 Å². The van der Waals surface area contributed by atoms with E-state index in [9.17, 15) is 4.79 Å². The van der Waals surface area contributed by atoms with Gasteiger partial charge in [0.05, 0.1) is 5.70 Å². The molecule has 0 saturated carbocycles. The Hall–Kier alpha value is -2.54. The summed E-state index contributed by atoms with van der Waals surface area (Å²) in [6, 6.07) is 9.52. The predicted molar refractivity (Wildman–Crippen MR) is 109 cm³/mol. The third-order valence-corrected chi connectivity index (χ3v) is 4.55. The van der Waals surface area contributed by atoms with Crippen molar-refractivity contribution in [3.63, 3.8) is 0 Å². The Morgan fingerprint density at radius 3 is 2.37 bits per heavy atom. The van der Waals surface area contributed by atoms with Crippen LogP contribution in [0.15, 0.2) is 36.5 Å². The maximum Gasteiger partial charge on any atom is 0.247 e. The van der Waals surface area contributed by atoms with E-state index in [0.717, 1.165) is 24.9 Å². The molecule has 1 fully saturated rings. The molecule has 2 unspecified atom stereocenters. The average molecular weight is 376 g/mol. The molecule has 7 nitrogen and oxygen atoms in total. The van der Waals surface area contributed by atoms with Gasteiger partial charge in [0.1, 0.15) is 6.04 Å². The molecule has 2 rings (SSSR count). The van der Waals surface area contributed by atoms with Crippen LogP contribution in [0.4, 0.5) is 0 Å². The molecule has 0 bridgehead atoms. The van der Waals surface area contributed by atoms with Crippen LogP contribution in [0.1, 0.15) is 39.2 Å². The van der Waals surface area contributed by atoms with Gasteiger partial charge in [0.15, 0.2) is 0 Å². The first-order chi connectivity index (χ1) is 12.8. The van der Waals surface area contributed by atoms with Crippen molar-refractivity contribution in [2.24, 2.45) is 17.5 Å². The molecule has 27 heavy (non-hydrogen) atoms. The third kappa shape index (κ3) is 6.60. The topological polar surface area (TPSA) is 105 Å². The van der Waals surface area contributed by atoms with E-state index in [0.29, 0.717) is 12.1 Å². The predicted octanol–water partition coefficient (Wildman–Crippen LogP) is 1.52. The molecule has 0 aromatic heterocycles. The zero-order valence-corrected chi connectivity index (χ0v) is 16.8. The van der Waals surface area contributed by atoms with Gasteiger partial charge in [-0.2, -0.15) is 0 Å². The minimum Gasteiger partial charge on any atom is -0.397 e. The number of likely N-dealkylation sites (tertiary alicyclic amines) is 1. The first-order valence-corrected chi connectivity index (χ1v) is 9.30. The molecule has 0 spiro atoms. The van der Waals surface area contributed by atoms with Gasteiger partial charge in [-0.3, -0.25) is 9.59 Å². The summed E-state index contributed by atoms with van der Waals surface area (Å²) in [6.07, 6.45) is 4.41. The van der Waals surface area contributed by atoms with Crippen molar-refractivity contribution in [2.75, 3.05) is 13.6 Å². The summed E-state index contributed by atoms with van der Waals surface area (Å²) in [5, 5.41) is 3.72. The fourth-order valence-electron chi connectivity index (χ4n) is 3.13. The van der Waals surface area contributed by atoms with Crippen LogP contribution >= 0.6 is 0 Å². The number of hydrogen-bond donors (Lipinski definition) is 3. The van der Waals surface area contributed by atoms with Crippen LogP contribution in [0.25, 0.3) is 5.70 Å². The first kappa shape index (κ1) is 22.5. The van der Waals surface area contributed by atoms with Crippen molar-refractivity contribution < 1.29 is 9.59 Å². The SMILES string of the molecule is CC(C)C(C(=O)N1CCCC1C)N(N)/C=C(\N)c1ccccc1.CNC=O. The van der Waals surface area contributed by atoms with Gasteiger partial charge >= 0.3 is 0 Å². The number of amides is 2. The highest BCUT2D eigenvalue weighted by molar-refractivity contribution is 5.83. The highest BCUT2D eigenvalue weighted by atomic mass is 16.2. The summed E-state index contributed by atoms with van der Waals surface area (Å²) >= 11 is 0. The largest absolute Gasteiger partial charge is 0.397 e.